The van der Waals surface area contributed by atoms with Crippen LogP contribution in [0.3, 0.4) is 0 Å². The van der Waals surface area contributed by atoms with Crippen LogP contribution < -0.4 is 5.32 Å². The van der Waals surface area contributed by atoms with Crippen LogP contribution in [0.4, 0.5) is 0 Å². The van der Waals surface area contributed by atoms with Gasteiger partial charge in [0, 0.05) is 12.8 Å². The molecule has 0 radical (unpaired) electrons. The molecule has 0 saturated carbocycles. The highest BCUT2D eigenvalue weighted by Crippen LogP contribution is 2.20. The van der Waals surface area contributed by atoms with E-state index < -0.39 is 0 Å². The summed E-state index contributed by atoms with van der Waals surface area (Å²) in [7, 11) is 0. The highest BCUT2D eigenvalue weighted by atomic mass is 16.1. The number of amidine groups is 1. The number of carbonyl (C=O) groups is 1. The Kier molecular flexibility index (Phi) is 30.6. The predicted octanol–water partition coefficient (Wildman–Crippen LogP) is 12.9. The van der Waals surface area contributed by atoms with Crippen LogP contribution in [0.5, 0.6) is 0 Å². The van der Waals surface area contributed by atoms with Crippen LogP contribution in [0.15, 0.2) is 4.99 Å². The number of hydrogen-bond acceptors (Lipinski definition) is 2. The number of rotatable bonds is 36. The Morgan fingerprint density at radius 3 is 1.30 bits per heavy atom. The van der Waals surface area contributed by atoms with Gasteiger partial charge in [0.1, 0.15) is 13.1 Å². The van der Waals surface area contributed by atoms with E-state index in [1.165, 1.54) is 192 Å². The fourth-order valence-electron chi connectivity index (χ4n) is 7.51. The average Bonchev–Trinajstić information content (AvgIpc) is 3.47. The largest absolute Gasteiger partial charge is 0.350 e. The monoisotopic (exact) mass is 647 g/mol. The number of carbonyl (C=O) groups excluding carboxylic acids is 1. The molecule has 272 valence electrons. The Bertz CT molecular complexity index is 692. The van der Waals surface area contributed by atoms with Crippen LogP contribution in [-0.2, 0) is 4.79 Å². The van der Waals surface area contributed by atoms with Crippen LogP contribution >= 0.6 is 0 Å². The zero-order chi connectivity index (χ0) is 33.2. The molecule has 0 aromatic heterocycles. The Balaban J connectivity index is 1.96. The third-order valence-corrected chi connectivity index (χ3v) is 10.8. The van der Waals surface area contributed by atoms with E-state index in [1.807, 2.05) is 0 Å². The van der Waals surface area contributed by atoms with Crippen molar-refractivity contribution in [1.29, 1.82) is 0 Å². The van der Waals surface area contributed by atoms with Gasteiger partial charge in [0.2, 0.25) is 5.91 Å². The molecule has 0 aromatic carbocycles. The zero-order valence-corrected chi connectivity index (χ0v) is 32.0. The SMILES string of the molecule is CCCCCCCCCCCCCCCCCC(=O)NCC[N+]1(CC)CCN=C1CCCCCCCCCCCCCCCCC. The van der Waals surface area contributed by atoms with Gasteiger partial charge in [-0.3, -0.25) is 9.28 Å². The van der Waals surface area contributed by atoms with Gasteiger partial charge < -0.3 is 5.32 Å². The lowest BCUT2D eigenvalue weighted by molar-refractivity contribution is -0.833. The van der Waals surface area contributed by atoms with E-state index in [9.17, 15) is 4.79 Å². The first-order valence-corrected chi connectivity index (χ1v) is 21.3. The van der Waals surface area contributed by atoms with Crippen molar-refractivity contribution < 1.29 is 9.28 Å². The molecule has 0 aliphatic carbocycles. The van der Waals surface area contributed by atoms with Gasteiger partial charge in [-0.2, -0.15) is 0 Å². The van der Waals surface area contributed by atoms with Crippen molar-refractivity contribution in [3.05, 3.63) is 0 Å². The van der Waals surface area contributed by atoms with Crippen LogP contribution in [0.2, 0.25) is 0 Å². The van der Waals surface area contributed by atoms with E-state index >= 15 is 0 Å². The number of unbranched alkanes of at least 4 members (excludes halogenated alkanes) is 28. The molecule has 0 spiro atoms. The molecule has 1 aliphatic heterocycles. The van der Waals surface area contributed by atoms with E-state index in [0.717, 1.165) is 50.0 Å². The standard InChI is InChI=1S/C42H83N3O/c1-4-7-9-11-13-15-17-19-21-23-25-27-29-31-33-35-41-43-37-39-45(41,6-3)40-38-44-42(46)36-34-32-30-28-26-24-22-20-18-16-14-12-10-8-5-2/h4-40H2,1-3H3/p+1. The summed E-state index contributed by atoms with van der Waals surface area (Å²) in [4.78, 5) is 17.5. The van der Waals surface area contributed by atoms with Crippen molar-refractivity contribution in [2.75, 3.05) is 32.7 Å². The van der Waals surface area contributed by atoms with Gasteiger partial charge in [0.25, 0.3) is 0 Å². The fraction of sp³-hybridized carbons (Fsp3) is 0.952. The molecule has 1 aliphatic rings. The molecular formula is C42H84N3O+. The maximum atomic E-state index is 12.5. The van der Waals surface area contributed by atoms with Crippen molar-refractivity contribution in [3.8, 4) is 0 Å². The summed E-state index contributed by atoms with van der Waals surface area (Å²) in [5.41, 5.74) is 0. The van der Waals surface area contributed by atoms with Crippen molar-refractivity contribution in [3.63, 3.8) is 0 Å². The van der Waals surface area contributed by atoms with Crippen molar-refractivity contribution >= 4 is 11.7 Å². The van der Waals surface area contributed by atoms with Gasteiger partial charge in [-0.1, -0.05) is 194 Å². The lowest BCUT2D eigenvalue weighted by Crippen LogP contribution is -2.54. The molecule has 0 aromatic rings. The highest BCUT2D eigenvalue weighted by molar-refractivity contribution is 5.77. The molecule has 1 atom stereocenters. The lowest BCUT2D eigenvalue weighted by atomic mass is 10.0. The maximum Gasteiger partial charge on any atom is 0.220 e. The Morgan fingerprint density at radius 2 is 0.913 bits per heavy atom. The molecule has 1 rings (SSSR count). The smallest absolute Gasteiger partial charge is 0.220 e. The second kappa shape index (κ2) is 32.6. The number of nitrogens with one attached hydrogen (secondary N) is 1. The topological polar surface area (TPSA) is 41.5 Å². The van der Waals surface area contributed by atoms with Crippen LogP contribution in [0, 0.1) is 0 Å². The third kappa shape index (κ3) is 24.3. The van der Waals surface area contributed by atoms with Gasteiger partial charge in [-0.05, 0) is 19.8 Å². The summed E-state index contributed by atoms with van der Waals surface area (Å²) in [5, 5.41) is 3.25. The molecule has 1 unspecified atom stereocenters. The second-order valence-electron chi connectivity index (χ2n) is 15.0. The Hall–Kier alpha value is -0.900. The summed E-state index contributed by atoms with van der Waals surface area (Å²) in [6, 6.07) is 0. The predicted molar refractivity (Wildman–Crippen MR) is 205 cm³/mol. The van der Waals surface area contributed by atoms with Crippen molar-refractivity contribution in [2.24, 2.45) is 4.99 Å². The molecule has 46 heavy (non-hydrogen) atoms. The van der Waals surface area contributed by atoms with Crippen molar-refractivity contribution in [2.45, 2.75) is 226 Å². The number of nitrogens with zero attached hydrogens (tertiary/aromatic N) is 2. The van der Waals surface area contributed by atoms with E-state index in [-0.39, 0.29) is 5.91 Å². The number of quaternary nitrogens is 1. The molecule has 1 amide bonds. The van der Waals surface area contributed by atoms with Gasteiger partial charge in [0.05, 0.1) is 19.6 Å². The number of amides is 1. The van der Waals surface area contributed by atoms with E-state index in [4.69, 9.17) is 4.99 Å². The van der Waals surface area contributed by atoms with Gasteiger partial charge in [0.15, 0.2) is 5.84 Å². The van der Waals surface area contributed by atoms with E-state index in [1.54, 1.807) is 0 Å². The Labute approximate surface area is 289 Å². The summed E-state index contributed by atoms with van der Waals surface area (Å²) in [6.45, 7) is 11.9. The van der Waals surface area contributed by atoms with Crippen LogP contribution in [0.25, 0.3) is 0 Å². The first kappa shape index (κ1) is 43.1. The molecule has 4 nitrogen and oxygen atoms in total. The molecule has 0 saturated heterocycles. The first-order chi connectivity index (χ1) is 22.7. The Morgan fingerprint density at radius 1 is 0.543 bits per heavy atom. The van der Waals surface area contributed by atoms with E-state index in [0.29, 0.717) is 6.42 Å². The minimum Gasteiger partial charge on any atom is -0.350 e. The third-order valence-electron chi connectivity index (χ3n) is 10.8. The fourth-order valence-corrected chi connectivity index (χ4v) is 7.51. The molecular weight excluding hydrogens is 562 g/mol. The lowest BCUT2D eigenvalue weighted by Gasteiger charge is -2.34. The van der Waals surface area contributed by atoms with Crippen LogP contribution in [0.1, 0.15) is 226 Å². The zero-order valence-electron chi connectivity index (χ0n) is 32.0. The summed E-state index contributed by atoms with van der Waals surface area (Å²) >= 11 is 0. The quantitative estimate of drug-likeness (QED) is 0.0534. The maximum absolute atomic E-state index is 12.5. The first-order valence-electron chi connectivity index (χ1n) is 21.3. The molecule has 1 N–H and O–H groups in total. The highest BCUT2D eigenvalue weighted by Gasteiger charge is 2.35. The summed E-state index contributed by atoms with van der Waals surface area (Å²) in [5.74, 6) is 1.66. The molecule has 0 bridgehead atoms. The number of likely N-dealkylation sites (N-methyl/N-ethyl adjacent to an activating group) is 1. The van der Waals surface area contributed by atoms with Crippen LogP contribution in [-0.4, -0.2) is 48.9 Å². The van der Waals surface area contributed by atoms with Gasteiger partial charge >= 0.3 is 0 Å². The molecule has 0 fully saturated rings. The normalized spacial score (nSPS) is 16.3. The average molecular weight is 647 g/mol. The minimum absolute atomic E-state index is 0.254. The van der Waals surface area contributed by atoms with Gasteiger partial charge in [-0.15, -0.1) is 0 Å². The second-order valence-corrected chi connectivity index (χ2v) is 15.0. The molecule has 4 heteroatoms. The summed E-state index contributed by atoms with van der Waals surface area (Å²) in [6.07, 6.45) is 43.5. The van der Waals surface area contributed by atoms with Gasteiger partial charge in [-0.25, -0.2) is 4.99 Å². The van der Waals surface area contributed by atoms with Crippen molar-refractivity contribution in [1.82, 2.24) is 5.32 Å². The van der Waals surface area contributed by atoms with E-state index in [2.05, 4.69) is 26.1 Å². The molecule has 1 heterocycles. The summed E-state index contributed by atoms with van der Waals surface area (Å²) < 4.78 is 1.01. The number of hydrogen-bond donors (Lipinski definition) is 1. The number of aliphatic imine (C=N–C) groups is 1. The minimum atomic E-state index is 0.254.